The molecule has 2 aliphatic rings. The normalized spacial score (nSPS) is 23.2. The Bertz CT molecular complexity index is 742. The SMILES string of the molecule is Cc1nn(C)cc1CN1CCC2(CC1)CC(O)c1nn(C)cc1O2. The number of piperidine rings is 1. The van der Waals surface area contributed by atoms with Gasteiger partial charge in [0.2, 0.25) is 0 Å². The van der Waals surface area contributed by atoms with Crippen LogP contribution in [-0.4, -0.2) is 48.3 Å². The monoisotopic (exact) mass is 331 g/mol. The molecule has 1 atom stereocenters. The molecule has 7 heteroatoms. The Balaban J connectivity index is 1.43. The average molecular weight is 331 g/mol. The molecule has 0 amide bonds. The first-order valence-corrected chi connectivity index (χ1v) is 8.56. The molecule has 1 spiro atoms. The standard InChI is InChI=1S/C17H25N5O2/c1-12-13(9-20(2)18-12)10-22-6-4-17(5-7-22)8-14(23)16-15(24-17)11-21(3)19-16/h9,11,14,23H,4-8,10H2,1-3H3. The van der Waals surface area contributed by atoms with Crippen molar-refractivity contribution < 1.29 is 9.84 Å². The third-order valence-corrected chi connectivity index (χ3v) is 5.31. The summed E-state index contributed by atoms with van der Waals surface area (Å²) in [6.07, 6.45) is 5.93. The number of ether oxygens (including phenoxy) is 1. The molecule has 1 unspecified atom stereocenters. The second-order valence-corrected chi connectivity index (χ2v) is 7.25. The highest BCUT2D eigenvalue weighted by molar-refractivity contribution is 5.31. The van der Waals surface area contributed by atoms with Gasteiger partial charge in [-0.2, -0.15) is 10.2 Å². The van der Waals surface area contributed by atoms with Crippen LogP contribution in [0.2, 0.25) is 0 Å². The van der Waals surface area contributed by atoms with Gasteiger partial charge in [0, 0.05) is 51.9 Å². The average Bonchev–Trinajstić information content (AvgIpc) is 3.04. The van der Waals surface area contributed by atoms with Crippen molar-refractivity contribution in [3.05, 3.63) is 29.3 Å². The van der Waals surface area contributed by atoms with Gasteiger partial charge < -0.3 is 9.84 Å². The fraction of sp³-hybridized carbons (Fsp3) is 0.647. The molecular formula is C17H25N5O2. The quantitative estimate of drug-likeness (QED) is 0.899. The largest absolute Gasteiger partial charge is 0.483 e. The van der Waals surface area contributed by atoms with Gasteiger partial charge in [-0.25, -0.2) is 0 Å². The number of aryl methyl sites for hydroxylation is 3. The lowest BCUT2D eigenvalue weighted by Crippen LogP contribution is -2.50. The van der Waals surface area contributed by atoms with Gasteiger partial charge in [-0.05, 0) is 19.8 Å². The summed E-state index contributed by atoms with van der Waals surface area (Å²) in [5, 5.41) is 19.2. The minimum atomic E-state index is -0.526. The fourth-order valence-corrected chi connectivity index (χ4v) is 3.99. The number of nitrogens with zero attached hydrogens (tertiary/aromatic N) is 5. The Kier molecular flexibility index (Phi) is 3.65. The van der Waals surface area contributed by atoms with E-state index in [0.29, 0.717) is 12.1 Å². The number of aliphatic hydroxyl groups is 1. The highest BCUT2D eigenvalue weighted by Crippen LogP contribution is 2.43. The highest BCUT2D eigenvalue weighted by Gasteiger charge is 2.44. The third kappa shape index (κ3) is 2.71. The number of rotatable bonds is 2. The Hall–Kier alpha value is -1.86. The first-order valence-electron chi connectivity index (χ1n) is 8.56. The summed E-state index contributed by atoms with van der Waals surface area (Å²) < 4.78 is 9.88. The van der Waals surface area contributed by atoms with E-state index in [1.165, 1.54) is 5.56 Å². The topological polar surface area (TPSA) is 68.3 Å². The van der Waals surface area contributed by atoms with E-state index in [0.717, 1.165) is 43.9 Å². The van der Waals surface area contributed by atoms with Crippen molar-refractivity contribution in [2.24, 2.45) is 14.1 Å². The Morgan fingerprint density at radius 3 is 2.58 bits per heavy atom. The van der Waals surface area contributed by atoms with Crippen LogP contribution >= 0.6 is 0 Å². The van der Waals surface area contributed by atoms with Crippen LogP contribution in [0.3, 0.4) is 0 Å². The van der Waals surface area contributed by atoms with Crippen LogP contribution in [0.5, 0.6) is 5.75 Å². The molecule has 2 aliphatic heterocycles. The first-order chi connectivity index (χ1) is 11.4. The summed E-state index contributed by atoms with van der Waals surface area (Å²) in [4.78, 5) is 2.45. The molecule has 7 nitrogen and oxygen atoms in total. The van der Waals surface area contributed by atoms with Crippen LogP contribution in [0.25, 0.3) is 0 Å². The molecule has 4 rings (SSSR count). The molecule has 0 bridgehead atoms. The molecule has 1 saturated heterocycles. The number of fused-ring (bicyclic) bond motifs is 1. The van der Waals surface area contributed by atoms with Crippen molar-refractivity contribution in [3.8, 4) is 5.75 Å². The molecule has 2 aromatic rings. The molecule has 0 aliphatic carbocycles. The van der Waals surface area contributed by atoms with Gasteiger partial charge in [0.25, 0.3) is 0 Å². The van der Waals surface area contributed by atoms with Crippen molar-refractivity contribution in [2.75, 3.05) is 13.1 Å². The van der Waals surface area contributed by atoms with Gasteiger partial charge in [0.1, 0.15) is 17.4 Å². The van der Waals surface area contributed by atoms with Crippen molar-refractivity contribution in [2.45, 2.75) is 44.4 Å². The lowest BCUT2D eigenvalue weighted by atomic mass is 9.83. The molecule has 0 aromatic carbocycles. The second-order valence-electron chi connectivity index (χ2n) is 7.25. The maximum atomic E-state index is 10.5. The lowest BCUT2D eigenvalue weighted by molar-refractivity contribution is -0.0559. The van der Waals surface area contributed by atoms with E-state index < -0.39 is 6.10 Å². The van der Waals surface area contributed by atoms with Crippen LogP contribution in [-0.2, 0) is 20.6 Å². The summed E-state index contributed by atoms with van der Waals surface area (Å²) in [7, 11) is 3.82. The molecule has 0 saturated carbocycles. The third-order valence-electron chi connectivity index (χ3n) is 5.31. The molecule has 130 valence electrons. The van der Waals surface area contributed by atoms with Crippen molar-refractivity contribution in [1.29, 1.82) is 0 Å². The van der Waals surface area contributed by atoms with Crippen molar-refractivity contribution in [3.63, 3.8) is 0 Å². The van der Waals surface area contributed by atoms with Crippen LogP contribution in [0.15, 0.2) is 12.4 Å². The van der Waals surface area contributed by atoms with Crippen molar-refractivity contribution >= 4 is 0 Å². The molecule has 1 N–H and O–H groups in total. The second kappa shape index (κ2) is 5.60. The summed E-state index contributed by atoms with van der Waals surface area (Å²) in [6, 6.07) is 0. The summed E-state index contributed by atoms with van der Waals surface area (Å²) >= 11 is 0. The first kappa shape index (κ1) is 15.7. The lowest BCUT2D eigenvalue weighted by Gasteiger charge is -2.44. The van der Waals surface area contributed by atoms with Gasteiger partial charge in [0.15, 0.2) is 5.75 Å². The van der Waals surface area contributed by atoms with Gasteiger partial charge >= 0.3 is 0 Å². The van der Waals surface area contributed by atoms with E-state index in [1.54, 1.807) is 4.68 Å². The van der Waals surface area contributed by atoms with E-state index in [1.807, 2.05) is 25.0 Å². The maximum absolute atomic E-state index is 10.5. The predicted molar refractivity (Wildman–Crippen MR) is 88.6 cm³/mol. The zero-order valence-corrected chi connectivity index (χ0v) is 14.6. The molecular weight excluding hydrogens is 306 g/mol. The fourth-order valence-electron chi connectivity index (χ4n) is 3.99. The van der Waals surface area contributed by atoms with E-state index >= 15 is 0 Å². The minimum absolute atomic E-state index is 0.254. The smallest absolute Gasteiger partial charge is 0.163 e. The van der Waals surface area contributed by atoms with Gasteiger partial charge in [0.05, 0.1) is 11.9 Å². The maximum Gasteiger partial charge on any atom is 0.163 e. The van der Waals surface area contributed by atoms with Gasteiger partial charge in [-0.15, -0.1) is 0 Å². The number of aromatic nitrogens is 4. The molecule has 0 radical (unpaired) electrons. The Morgan fingerprint density at radius 1 is 1.21 bits per heavy atom. The Morgan fingerprint density at radius 2 is 1.92 bits per heavy atom. The summed E-state index contributed by atoms with van der Waals surface area (Å²) in [5.74, 6) is 0.743. The van der Waals surface area contributed by atoms with Gasteiger partial charge in [-0.3, -0.25) is 14.3 Å². The van der Waals surface area contributed by atoms with Crippen molar-refractivity contribution in [1.82, 2.24) is 24.5 Å². The molecule has 2 aromatic heterocycles. The van der Waals surface area contributed by atoms with Crippen LogP contribution < -0.4 is 4.74 Å². The predicted octanol–water partition coefficient (Wildman–Crippen LogP) is 1.31. The van der Waals surface area contributed by atoms with E-state index in [4.69, 9.17) is 4.74 Å². The van der Waals surface area contributed by atoms with Crippen LogP contribution in [0, 0.1) is 6.92 Å². The highest BCUT2D eigenvalue weighted by atomic mass is 16.5. The summed E-state index contributed by atoms with van der Waals surface area (Å²) in [5.41, 5.74) is 2.81. The van der Waals surface area contributed by atoms with Crippen LogP contribution in [0.4, 0.5) is 0 Å². The molecule has 1 fully saturated rings. The summed E-state index contributed by atoms with van der Waals surface area (Å²) in [6.45, 7) is 4.93. The minimum Gasteiger partial charge on any atom is -0.483 e. The van der Waals surface area contributed by atoms with E-state index in [9.17, 15) is 5.11 Å². The molecule has 4 heterocycles. The zero-order valence-electron chi connectivity index (χ0n) is 14.6. The number of likely N-dealkylation sites (tertiary alicyclic amines) is 1. The number of hydrogen-bond donors (Lipinski definition) is 1. The van der Waals surface area contributed by atoms with Gasteiger partial charge in [-0.1, -0.05) is 0 Å². The van der Waals surface area contributed by atoms with E-state index in [2.05, 4.69) is 28.2 Å². The number of hydrogen-bond acceptors (Lipinski definition) is 5. The van der Waals surface area contributed by atoms with E-state index in [-0.39, 0.29) is 5.60 Å². The number of aliphatic hydroxyl groups excluding tert-OH is 1. The Labute approximate surface area is 141 Å². The molecule has 24 heavy (non-hydrogen) atoms. The zero-order chi connectivity index (χ0) is 16.9. The van der Waals surface area contributed by atoms with Crippen LogP contribution in [0.1, 0.15) is 42.3 Å².